The van der Waals surface area contributed by atoms with Crippen LogP contribution in [0.15, 0.2) is 77.7 Å². The van der Waals surface area contributed by atoms with Crippen molar-refractivity contribution in [1.29, 1.82) is 0 Å². The number of hydrogen-bond donors (Lipinski definition) is 1. The first-order valence-electron chi connectivity index (χ1n) is 9.44. The smallest absolute Gasteiger partial charge is 0.339 e. The fourth-order valence-electron chi connectivity index (χ4n) is 2.66. The van der Waals surface area contributed by atoms with Gasteiger partial charge in [-0.2, -0.15) is 0 Å². The minimum Gasteiger partial charge on any atom is -0.456 e. The van der Waals surface area contributed by atoms with E-state index in [0.29, 0.717) is 32.9 Å². The Morgan fingerprint density at radius 3 is 2.35 bits per heavy atom. The molecular weight excluding hydrogens is 438 g/mol. The number of carbonyl (C=O) groups is 2. The van der Waals surface area contributed by atoms with Crippen LogP contribution in [0.1, 0.15) is 17.3 Å². The summed E-state index contributed by atoms with van der Waals surface area (Å²) in [5.74, 6) is 0.259. The molecule has 31 heavy (non-hydrogen) atoms. The molecule has 0 fully saturated rings. The molecule has 0 heterocycles. The molecule has 0 aromatic heterocycles. The zero-order chi connectivity index (χ0) is 22.2. The summed E-state index contributed by atoms with van der Waals surface area (Å²) in [4.78, 5) is 24.9. The predicted octanol–water partition coefficient (Wildman–Crippen LogP) is 5.06. The van der Waals surface area contributed by atoms with Crippen molar-refractivity contribution in [3.63, 3.8) is 0 Å². The van der Waals surface area contributed by atoms with E-state index in [0.717, 1.165) is 0 Å². The zero-order valence-electron chi connectivity index (χ0n) is 16.7. The van der Waals surface area contributed by atoms with Crippen LogP contribution in [0.5, 0.6) is 11.5 Å². The minimum absolute atomic E-state index is 0.191. The molecule has 1 N–H and O–H groups in total. The highest BCUT2D eigenvalue weighted by Crippen LogP contribution is 2.29. The zero-order valence-corrected chi connectivity index (χ0v) is 18.2. The van der Waals surface area contributed by atoms with Gasteiger partial charge in [0, 0.05) is 11.4 Å². The van der Waals surface area contributed by atoms with Crippen LogP contribution in [0.2, 0.25) is 5.02 Å². The molecule has 0 aliphatic rings. The van der Waals surface area contributed by atoms with E-state index in [1.165, 1.54) is 6.07 Å². The fourth-order valence-corrected chi connectivity index (χ4v) is 3.77. The van der Waals surface area contributed by atoms with E-state index in [2.05, 4.69) is 5.32 Å². The van der Waals surface area contributed by atoms with Crippen molar-refractivity contribution in [3.05, 3.63) is 83.4 Å². The third-order valence-corrected chi connectivity index (χ3v) is 5.83. The number of esters is 1. The van der Waals surface area contributed by atoms with Gasteiger partial charge < -0.3 is 14.8 Å². The number of halogens is 1. The van der Waals surface area contributed by atoms with Crippen LogP contribution >= 0.6 is 11.6 Å². The summed E-state index contributed by atoms with van der Waals surface area (Å²) in [5.41, 5.74) is 0.705. The van der Waals surface area contributed by atoms with Gasteiger partial charge in [0.15, 0.2) is 6.61 Å². The molecule has 0 spiro atoms. The van der Waals surface area contributed by atoms with Crippen LogP contribution in [-0.4, -0.2) is 28.4 Å². The van der Waals surface area contributed by atoms with Gasteiger partial charge in [-0.15, -0.1) is 0 Å². The summed E-state index contributed by atoms with van der Waals surface area (Å²) in [6.07, 6.45) is 0. The van der Waals surface area contributed by atoms with Gasteiger partial charge in [-0.3, -0.25) is 9.00 Å². The average Bonchev–Trinajstić information content (AvgIpc) is 2.79. The Morgan fingerprint density at radius 2 is 1.65 bits per heavy atom. The maximum absolute atomic E-state index is 12.3. The van der Waals surface area contributed by atoms with Crippen molar-refractivity contribution in [3.8, 4) is 11.5 Å². The largest absolute Gasteiger partial charge is 0.456 e. The monoisotopic (exact) mass is 457 g/mol. The van der Waals surface area contributed by atoms with Gasteiger partial charge in [0.05, 0.1) is 26.3 Å². The Morgan fingerprint density at radius 1 is 0.968 bits per heavy atom. The van der Waals surface area contributed by atoms with Crippen LogP contribution in [0.25, 0.3) is 0 Å². The van der Waals surface area contributed by atoms with Crippen LogP contribution < -0.4 is 10.1 Å². The van der Waals surface area contributed by atoms with Crippen LogP contribution in [0.4, 0.5) is 5.69 Å². The fraction of sp³-hybridized carbons (Fsp3) is 0.130. The average molecular weight is 458 g/mol. The second kappa shape index (κ2) is 10.7. The Hall–Kier alpha value is -3.16. The summed E-state index contributed by atoms with van der Waals surface area (Å²) in [6.45, 7) is 1.29. The molecule has 6 nitrogen and oxygen atoms in total. The molecule has 1 atom stereocenters. The summed E-state index contributed by atoms with van der Waals surface area (Å²) in [5, 5.41) is 3.13. The lowest BCUT2D eigenvalue weighted by molar-refractivity contribution is -0.119. The van der Waals surface area contributed by atoms with Crippen LogP contribution in [0, 0.1) is 0 Å². The number of benzene rings is 3. The van der Waals surface area contributed by atoms with Gasteiger partial charge in [-0.25, -0.2) is 4.79 Å². The number of anilines is 1. The Labute approximate surface area is 187 Å². The van der Waals surface area contributed by atoms with Gasteiger partial charge in [0.1, 0.15) is 11.5 Å². The number of ether oxygens (including phenoxy) is 2. The highest BCUT2D eigenvalue weighted by molar-refractivity contribution is 7.85. The number of amides is 1. The molecule has 8 heteroatoms. The molecule has 3 rings (SSSR count). The maximum Gasteiger partial charge on any atom is 0.339 e. The van der Waals surface area contributed by atoms with E-state index in [1.807, 2.05) is 12.1 Å². The van der Waals surface area contributed by atoms with Gasteiger partial charge in [-0.1, -0.05) is 42.8 Å². The Kier molecular flexibility index (Phi) is 7.81. The van der Waals surface area contributed by atoms with E-state index in [1.54, 1.807) is 61.5 Å². The molecular formula is C23H20ClNO5S. The van der Waals surface area contributed by atoms with Crippen LogP contribution in [0.3, 0.4) is 0 Å². The van der Waals surface area contributed by atoms with Crippen molar-refractivity contribution in [2.75, 3.05) is 17.7 Å². The van der Waals surface area contributed by atoms with Crippen molar-refractivity contribution < 1.29 is 23.3 Å². The van der Waals surface area contributed by atoms with Gasteiger partial charge in [0.25, 0.3) is 5.91 Å². The molecule has 1 amide bonds. The molecule has 0 aliphatic heterocycles. The number of para-hydroxylation sites is 1. The minimum atomic E-state index is -1.31. The predicted molar refractivity (Wildman–Crippen MR) is 120 cm³/mol. The molecule has 1 unspecified atom stereocenters. The first-order chi connectivity index (χ1) is 15.0. The second-order valence-electron chi connectivity index (χ2n) is 6.31. The molecule has 3 aromatic rings. The van der Waals surface area contributed by atoms with E-state index < -0.39 is 29.3 Å². The molecule has 0 aliphatic carbocycles. The third-order valence-electron chi connectivity index (χ3n) is 4.15. The Balaban J connectivity index is 1.55. The maximum atomic E-state index is 12.3. The quantitative estimate of drug-likeness (QED) is 0.478. The van der Waals surface area contributed by atoms with Crippen molar-refractivity contribution in [2.45, 2.75) is 11.8 Å². The molecule has 0 saturated carbocycles. The third kappa shape index (κ3) is 6.16. The molecule has 0 saturated heterocycles. The van der Waals surface area contributed by atoms with E-state index in [9.17, 15) is 13.8 Å². The molecule has 0 bridgehead atoms. The topological polar surface area (TPSA) is 81.7 Å². The normalized spacial score (nSPS) is 11.4. The summed E-state index contributed by atoms with van der Waals surface area (Å²) < 4.78 is 22.9. The number of rotatable bonds is 8. The van der Waals surface area contributed by atoms with Crippen molar-refractivity contribution in [1.82, 2.24) is 0 Å². The standard InChI is InChI=1S/C23H20ClNO5S/c1-2-31(28)21-10-6-3-7-18(21)23(27)29-15-22(26)25-16-11-13-17(14-12-16)30-20-9-5-4-8-19(20)24/h3-14H,2,15H2,1H3,(H,25,26). The molecule has 0 radical (unpaired) electrons. The highest BCUT2D eigenvalue weighted by Gasteiger charge is 2.17. The second-order valence-corrected chi connectivity index (χ2v) is 8.43. The first-order valence-corrected chi connectivity index (χ1v) is 11.1. The lowest BCUT2D eigenvalue weighted by Gasteiger charge is -2.10. The highest BCUT2D eigenvalue weighted by atomic mass is 35.5. The number of nitrogens with one attached hydrogen (secondary N) is 1. The molecule has 160 valence electrons. The van der Waals surface area contributed by atoms with Gasteiger partial charge in [0.2, 0.25) is 0 Å². The van der Waals surface area contributed by atoms with Gasteiger partial charge in [-0.05, 0) is 48.5 Å². The summed E-state index contributed by atoms with van der Waals surface area (Å²) >= 11 is 6.07. The van der Waals surface area contributed by atoms with Gasteiger partial charge >= 0.3 is 5.97 Å². The van der Waals surface area contributed by atoms with E-state index in [4.69, 9.17) is 21.1 Å². The SMILES string of the molecule is CCS(=O)c1ccccc1C(=O)OCC(=O)Nc1ccc(Oc2ccccc2Cl)cc1. The summed E-state index contributed by atoms with van der Waals surface area (Å²) in [6, 6.07) is 20.3. The lowest BCUT2D eigenvalue weighted by atomic mass is 10.2. The Bertz CT molecular complexity index is 1100. The van der Waals surface area contributed by atoms with Crippen LogP contribution in [-0.2, 0) is 20.3 Å². The number of carbonyl (C=O) groups excluding carboxylic acids is 2. The molecule has 3 aromatic carbocycles. The summed E-state index contributed by atoms with van der Waals surface area (Å²) in [7, 11) is -1.31. The van der Waals surface area contributed by atoms with Crippen molar-refractivity contribution >= 4 is 40.0 Å². The first kappa shape index (κ1) is 22.5. The lowest BCUT2D eigenvalue weighted by Crippen LogP contribution is -2.21. The van der Waals surface area contributed by atoms with E-state index >= 15 is 0 Å². The van der Waals surface area contributed by atoms with E-state index in [-0.39, 0.29) is 5.56 Å². The number of hydrogen-bond acceptors (Lipinski definition) is 5. The van der Waals surface area contributed by atoms with Crippen molar-refractivity contribution in [2.24, 2.45) is 0 Å².